The molecule has 0 aliphatic rings. The van der Waals surface area contributed by atoms with E-state index >= 15 is 0 Å². The Morgan fingerprint density at radius 1 is 1.03 bits per heavy atom. The van der Waals surface area contributed by atoms with Crippen LogP contribution in [-0.2, 0) is 11.4 Å². The highest BCUT2D eigenvalue weighted by atomic mass is 79.9. The molecule has 1 N–H and O–H groups in total. The van der Waals surface area contributed by atoms with Crippen molar-refractivity contribution < 1.29 is 18.7 Å². The molecule has 3 aromatic carbocycles. The zero-order chi connectivity index (χ0) is 20.5. The number of para-hydroxylation sites is 1. The van der Waals surface area contributed by atoms with Crippen molar-refractivity contribution in [3.05, 3.63) is 94.2 Å². The Kier molecular flexibility index (Phi) is 7.35. The fourth-order valence-corrected chi connectivity index (χ4v) is 2.84. The molecular weight excluding hydrogens is 439 g/mol. The average Bonchev–Trinajstić information content (AvgIpc) is 2.73. The average molecular weight is 457 g/mol. The Bertz CT molecular complexity index is 993. The van der Waals surface area contributed by atoms with Gasteiger partial charge in [-0.25, -0.2) is 9.82 Å². The molecule has 29 heavy (non-hydrogen) atoms. The quantitative estimate of drug-likeness (QED) is 0.394. The summed E-state index contributed by atoms with van der Waals surface area (Å²) < 4.78 is 25.0. The summed E-state index contributed by atoms with van der Waals surface area (Å²) in [5.41, 5.74) is 4.14. The van der Waals surface area contributed by atoms with E-state index in [0.717, 1.165) is 15.6 Å². The molecule has 148 valence electrons. The first-order valence-corrected chi connectivity index (χ1v) is 9.56. The van der Waals surface area contributed by atoms with Gasteiger partial charge in [-0.15, -0.1) is 0 Å². The predicted octanol–water partition coefficient (Wildman–Crippen LogP) is 4.70. The normalized spacial score (nSPS) is 10.7. The van der Waals surface area contributed by atoms with Gasteiger partial charge in [-0.05, 0) is 54.1 Å². The van der Waals surface area contributed by atoms with E-state index in [0.29, 0.717) is 18.1 Å². The number of hydrogen-bond acceptors (Lipinski definition) is 4. The molecule has 0 atom stereocenters. The molecular formula is C22H18BrFN2O3. The monoisotopic (exact) mass is 456 g/mol. The summed E-state index contributed by atoms with van der Waals surface area (Å²) in [5.74, 6) is 0.246. The van der Waals surface area contributed by atoms with Gasteiger partial charge in [0.05, 0.1) is 6.21 Å². The molecule has 1 amide bonds. The smallest absolute Gasteiger partial charge is 0.277 e. The Morgan fingerprint density at radius 3 is 2.62 bits per heavy atom. The highest BCUT2D eigenvalue weighted by molar-refractivity contribution is 9.10. The number of nitrogens with zero attached hydrogens (tertiary/aromatic N) is 1. The van der Waals surface area contributed by atoms with E-state index in [-0.39, 0.29) is 12.4 Å². The van der Waals surface area contributed by atoms with Gasteiger partial charge in [0, 0.05) is 10.0 Å². The first-order valence-electron chi connectivity index (χ1n) is 8.77. The summed E-state index contributed by atoms with van der Waals surface area (Å²) in [6.07, 6.45) is 1.51. The van der Waals surface area contributed by atoms with Crippen LogP contribution in [0.3, 0.4) is 0 Å². The number of carbonyl (C=O) groups is 1. The highest BCUT2D eigenvalue weighted by Gasteiger charge is 2.04. The van der Waals surface area contributed by atoms with Gasteiger partial charge in [-0.3, -0.25) is 4.79 Å². The van der Waals surface area contributed by atoms with Crippen LogP contribution >= 0.6 is 15.9 Å². The van der Waals surface area contributed by atoms with Gasteiger partial charge in [0.25, 0.3) is 5.91 Å². The minimum atomic E-state index is -0.432. The number of amides is 1. The minimum absolute atomic E-state index is 0.232. The molecule has 0 saturated carbocycles. The van der Waals surface area contributed by atoms with Gasteiger partial charge in [-0.1, -0.05) is 40.2 Å². The minimum Gasteiger partial charge on any atom is -0.488 e. The second kappa shape index (κ2) is 10.4. The summed E-state index contributed by atoms with van der Waals surface area (Å²) in [6, 6.07) is 20.7. The molecule has 0 aliphatic carbocycles. The molecule has 0 fully saturated rings. The van der Waals surface area contributed by atoms with Crippen LogP contribution in [0.25, 0.3) is 0 Å². The molecule has 3 aromatic rings. The van der Waals surface area contributed by atoms with E-state index in [1.807, 2.05) is 48.5 Å². The number of carbonyl (C=O) groups excluding carboxylic acids is 1. The summed E-state index contributed by atoms with van der Waals surface area (Å²) in [4.78, 5) is 11.8. The Balaban J connectivity index is 1.52. The molecule has 0 spiro atoms. The maximum Gasteiger partial charge on any atom is 0.277 e. The van der Waals surface area contributed by atoms with Gasteiger partial charge < -0.3 is 9.47 Å². The number of ether oxygens (including phenoxy) is 2. The van der Waals surface area contributed by atoms with Gasteiger partial charge in [0.2, 0.25) is 0 Å². The zero-order valence-electron chi connectivity index (χ0n) is 15.3. The topological polar surface area (TPSA) is 59.9 Å². The van der Waals surface area contributed by atoms with E-state index in [4.69, 9.17) is 9.47 Å². The van der Waals surface area contributed by atoms with Crippen LogP contribution < -0.4 is 14.9 Å². The van der Waals surface area contributed by atoms with Crippen LogP contribution in [0, 0.1) is 5.82 Å². The molecule has 0 bridgehead atoms. The van der Waals surface area contributed by atoms with Crippen LogP contribution in [0.15, 0.2) is 82.4 Å². The van der Waals surface area contributed by atoms with Crippen molar-refractivity contribution in [2.24, 2.45) is 5.10 Å². The number of rotatable bonds is 8. The lowest BCUT2D eigenvalue weighted by atomic mass is 10.2. The van der Waals surface area contributed by atoms with Crippen LogP contribution in [-0.4, -0.2) is 18.7 Å². The van der Waals surface area contributed by atoms with Crippen molar-refractivity contribution >= 4 is 28.1 Å². The molecule has 0 radical (unpaired) electrons. The molecule has 5 nitrogen and oxygen atoms in total. The molecule has 7 heteroatoms. The predicted molar refractivity (Wildman–Crippen MR) is 113 cm³/mol. The number of hydrogen-bond donors (Lipinski definition) is 1. The highest BCUT2D eigenvalue weighted by Crippen LogP contribution is 2.19. The summed E-state index contributed by atoms with van der Waals surface area (Å²) in [6.45, 7) is 0.173. The van der Waals surface area contributed by atoms with Crippen molar-refractivity contribution in [1.29, 1.82) is 0 Å². The lowest BCUT2D eigenvalue weighted by Crippen LogP contribution is -2.24. The molecule has 0 heterocycles. The van der Waals surface area contributed by atoms with Crippen LogP contribution in [0.4, 0.5) is 4.39 Å². The zero-order valence-corrected chi connectivity index (χ0v) is 16.9. The van der Waals surface area contributed by atoms with Gasteiger partial charge >= 0.3 is 0 Å². The van der Waals surface area contributed by atoms with Crippen LogP contribution in [0.1, 0.15) is 11.1 Å². The van der Waals surface area contributed by atoms with Crippen molar-refractivity contribution in [2.75, 3.05) is 6.61 Å². The fourth-order valence-electron chi connectivity index (χ4n) is 2.39. The molecule has 0 unspecified atom stereocenters. The van der Waals surface area contributed by atoms with E-state index in [9.17, 15) is 9.18 Å². The van der Waals surface area contributed by atoms with E-state index in [1.165, 1.54) is 30.5 Å². The SMILES string of the molecule is O=C(COc1ccc(F)cc1)NN=Cc1ccccc1OCc1cccc(Br)c1. The summed E-state index contributed by atoms with van der Waals surface area (Å²) in [5, 5.41) is 3.95. The van der Waals surface area contributed by atoms with E-state index < -0.39 is 5.91 Å². The van der Waals surface area contributed by atoms with Crippen LogP contribution in [0.5, 0.6) is 11.5 Å². The maximum atomic E-state index is 12.8. The third kappa shape index (κ3) is 6.73. The van der Waals surface area contributed by atoms with E-state index in [1.54, 1.807) is 0 Å². The number of benzene rings is 3. The lowest BCUT2D eigenvalue weighted by molar-refractivity contribution is -0.123. The molecule has 0 saturated heterocycles. The second-order valence-electron chi connectivity index (χ2n) is 5.99. The first-order chi connectivity index (χ1) is 14.1. The van der Waals surface area contributed by atoms with Gasteiger partial charge in [0.1, 0.15) is 23.9 Å². The molecule has 3 rings (SSSR count). The summed E-state index contributed by atoms with van der Waals surface area (Å²) >= 11 is 3.44. The lowest BCUT2D eigenvalue weighted by Gasteiger charge is -2.09. The molecule has 0 aliphatic heterocycles. The van der Waals surface area contributed by atoms with Gasteiger partial charge in [-0.2, -0.15) is 5.10 Å². The Morgan fingerprint density at radius 2 is 1.83 bits per heavy atom. The number of hydrazone groups is 1. The standard InChI is InChI=1S/C22H18BrFN2O3/c23-18-6-3-4-16(12-18)14-29-21-7-2-1-5-17(21)13-25-26-22(27)15-28-20-10-8-19(24)9-11-20/h1-13H,14-15H2,(H,26,27). The van der Waals surface area contributed by atoms with Crippen molar-refractivity contribution in [3.63, 3.8) is 0 Å². The van der Waals surface area contributed by atoms with Crippen molar-refractivity contribution in [1.82, 2.24) is 5.43 Å². The Labute approximate surface area is 176 Å². The maximum absolute atomic E-state index is 12.8. The fraction of sp³-hybridized carbons (Fsp3) is 0.0909. The molecule has 0 aromatic heterocycles. The second-order valence-corrected chi connectivity index (χ2v) is 6.91. The van der Waals surface area contributed by atoms with E-state index in [2.05, 4.69) is 26.5 Å². The Hall–Kier alpha value is -3.19. The van der Waals surface area contributed by atoms with Crippen molar-refractivity contribution in [2.45, 2.75) is 6.61 Å². The largest absolute Gasteiger partial charge is 0.488 e. The third-order valence-electron chi connectivity index (χ3n) is 3.78. The first kappa shape index (κ1) is 20.5. The summed E-state index contributed by atoms with van der Waals surface area (Å²) in [7, 11) is 0. The van der Waals surface area contributed by atoms with Crippen molar-refractivity contribution in [3.8, 4) is 11.5 Å². The van der Waals surface area contributed by atoms with Crippen LogP contribution in [0.2, 0.25) is 0 Å². The van der Waals surface area contributed by atoms with Gasteiger partial charge in [0.15, 0.2) is 6.61 Å². The number of halogens is 2. The number of nitrogens with one attached hydrogen (secondary N) is 1. The third-order valence-corrected chi connectivity index (χ3v) is 4.27.